The maximum atomic E-state index is 11.3. The molecule has 0 radical (unpaired) electrons. The molecule has 0 aromatic heterocycles. The van der Waals surface area contributed by atoms with Crippen molar-refractivity contribution in [2.24, 2.45) is 5.92 Å². The number of nitrogens with one attached hydrogen (secondary N) is 1. The second kappa shape index (κ2) is 5.71. The van der Waals surface area contributed by atoms with E-state index in [0.29, 0.717) is 11.5 Å². The maximum absolute atomic E-state index is 11.3. The molecule has 0 unspecified atom stereocenters. The normalized spacial score (nSPS) is 24.0. The lowest BCUT2D eigenvalue weighted by molar-refractivity contribution is 0.0696. The quantitative estimate of drug-likeness (QED) is 0.831. The first-order valence-corrected chi connectivity index (χ1v) is 8.12. The SMILES string of the molecule is COc1cccc([C@H]2Nc3ccc(C(=O)O)cc3[C@H]3C=CC[C@H]32)c1. The van der Waals surface area contributed by atoms with Gasteiger partial charge in [0.1, 0.15) is 5.75 Å². The number of carbonyl (C=O) groups is 1. The monoisotopic (exact) mass is 321 g/mol. The summed E-state index contributed by atoms with van der Waals surface area (Å²) in [7, 11) is 1.68. The molecule has 0 bridgehead atoms. The van der Waals surface area contributed by atoms with Gasteiger partial charge in [-0.3, -0.25) is 0 Å². The third-order valence-corrected chi connectivity index (χ3v) is 5.06. The maximum Gasteiger partial charge on any atom is 0.335 e. The van der Waals surface area contributed by atoms with Crippen LogP contribution in [0.5, 0.6) is 5.75 Å². The zero-order valence-electron chi connectivity index (χ0n) is 13.4. The van der Waals surface area contributed by atoms with Gasteiger partial charge in [-0.15, -0.1) is 0 Å². The molecule has 4 nitrogen and oxygen atoms in total. The molecule has 0 spiro atoms. The molecule has 24 heavy (non-hydrogen) atoms. The molecule has 1 heterocycles. The van der Waals surface area contributed by atoms with E-state index in [4.69, 9.17) is 4.74 Å². The van der Waals surface area contributed by atoms with Gasteiger partial charge in [0, 0.05) is 11.6 Å². The van der Waals surface area contributed by atoms with Crippen LogP contribution < -0.4 is 10.1 Å². The van der Waals surface area contributed by atoms with Crippen molar-refractivity contribution < 1.29 is 14.6 Å². The van der Waals surface area contributed by atoms with Gasteiger partial charge in [-0.05, 0) is 53.8 Å². The van der Waals surface area contributed by atoms with Gasteiger partial charge < -0.3 is 15.2 Å². The van der Waals surface area contributed by atoms with Crippen LogP contribution in [0.4, 0.5) is 5.69 Å². The second-order valence-electron chi connectivity index (χ2n) is 6.36. The summed E-state index contributed by atoms with van der Waals surface area (Å²) in [6.45, 7) is 0. The first-order chi connectivity index (χ1) is 11.7. The van der Waals surface area contributed by atoms with Crippen LogP contribution in [0.25, 0.3) is 0 Å². The molecule has 0 fully saturated rings. The molecule has 0 amide bonds. The van der Waals surface area contributed by atoms with Crippen LogP contribution in [0.2, 0.25) is 0 Å². The third kappa shape index (κ3) is 2.35. The van der Waals surface area contributed by atoms with E-state index in [1.165, 1.54) is 5.56 Å². The van der Waals surface area contributed by atoms with Gasteiger partial charge in [0.15, 0.2) is 0 Å². The van der Waals surface area contributed by atoms with Crippen LogP contribution >= 0.6 is 0 Å². The number of hydrogen-bond acceptors (Lipinski definition) is 3. The van der Waals surface area contributed by atoms with E-state index in [9.17, 15) is 9.90 Å². The summed E-state index contributed by atoms with van der Waals surface area (Å²) in [5, 5.41) is 12.9. The number of benzene rings is 2. The molecule has 0 saturated carbocycles. The van der Waals surface area contributed by atoms with Gasteiger partial charge in [-0.25, -0.2) is 4.79 Å². The highest BCUT2D eigenvalue weighted by Gasteiger charge is 2.38. The lowest BCUT2D eigenvalue weighted by Gasteiger charge is -2.37. The zero-order valence-corrected chi connectivity index (χ0v) is 13.4. The highest BCUT2D eigenvalue weighted by molar-refractivity contribution is 5.89. The second-order valence-corrected chi connectivity index (χ2v) is 6.36. The van der Waals surface area contributed by atoms with E-state index in [1.54, 1.807) is 19.2 Å². The average Bonchev–Trinajstić information content (AvgIpc) is 3.10. The molecule has 2 aliphatic rings. The number of carboxylic acid groups (broad SMARTS) is 1. The summed E-state index contributed by atoms with van der Waals surface area (Å²) in [6, 6.07) is 13.7. The molecule has 2 aromatic carbocycles. The largest absolute Gasteiger partial charge is 0.497 e. The molecule has 0 saturated heterocycles. The van der Waals surface area contributed by atoms with Crippen molar-refractivity contribution in [3.63, 3.8) is 0 Å². The summed E-state index contributed by atoms with van der Waals surface area (Å²) < 4.78 is 5.36. The van der Waals surface area contributed by atoms with Gasteiger partial charge in [0.2, 0.25) is 0 Å². The summed E-state index contributed by atoms with van der Waals surface area (Å²) in [6.07, 6.45) is 5.39. The van der Waals surface area contributed by atoms with E-state index >= 15 is 0 Å². The fourth-order valence-electron chi connectivity index (χ4n) is 3.89. The van der Waals surface area contributed by atoms with Gasteiger partial charge in [-0.1, -0.05) is 24.3 Å². The number of carboxylic acids is 1. The van der Waals surface area contributed by atoms with E-state index in [-0.39, 0.29) is 12.0 Å². The van der Waals surface area contributed by atoms with Crippen LogP contribution in [0.3, 0.4) is 0 Å². The number of hydrogen-bond donors (Lipinski definition) is 2. The Kier molecular flexibility index (Phi) is 3.53. The van der Waals surface area contributed by atoms with Crippen molar-refractivity contribution in [1.29, 1.82) is 0 Å². The van der Waals surface area contributed by atoms with Crippen LogP contribution in [0, 0.1) is 5.92 Å². The summed E-state index contributed by atoms with van der Waals surface area (Å²) in [5.41, 5.74) is 3.63. The summed E-state index contributed by atoms with van der Waals surface area (Å²) in [4.78, 5) is 11.3. The minimum atomic E-state index is -0.883. The standard InChI is InChI=1S/C20H19NO3/c1-24-14-5-2-4-12(10-14)19-16-7-3-6-15(16)17-11-13(20(22)23)8-9-18(17)21-19/h2-6,8-11,15-16,19,21H,7H2,1H3,(H,22,23)/t15-,16+,19+/m0/s1. The molecule has 4 rings (SSSR count). The molecule has 1 aliphatic heterocycles. The number of ether oxygens (including phenoxy) is 1. The first-order valence-electron chi connectivity index (χ1n) is 8.12. The zero-order chi connectivity index (χ0) is 16.7. The first kappa shape index (κ1) is 14.8. The van der Waals surface area contributed by atoms with Crippen molar-refractivity contribution >= 4 is 11.7 Å². The number of fused-ring (bicyclic) bond motifs is 3. The van der Waals surface area contributed by atoms with E-state index in [0.717, 1.165) is 23.4 Å². The van der Waals surface area contributed by atoms with Crippen molar-refractivity contribution in [2.75, 3.05) is 12.4 Å². The molecule has 4 heteroatoms. The number of methoxy groups -OCH3 is 1. The van der Waals surface area contributed by atoms with Gasteiger partial charge >= 0.3 is 5.97 Å². The average molecular weight is 321 g/mol. The minimum Gasteiger partial charge on any atom is -0.497 e. The topological polar surface area (TPSA) is 58.6 Å². The van der Waals surface area contributed by atoms with Crippen LogP contribution in [0.1, 0.15) is 39.9 Å². The van der Waals surface area contributed by atoms with Crippen molar-refractivity contribution in [1.82, 2.24) is 0 Å². The fraction of sp³-hybridized carbons (Fsp3) is 0.250. The number of rotatable bonds is 3. The van der Waals surface area contributed by atoms with Gasteiger partial charge in [0.25, 0.3) is 0 Å². The van der Waals surface area contributed by atoms with Crippen LogP contribution in [-0.2, 0) is 0 Å². The Hall–Kier alpha value is -2.75. The fourth-order valence-corrected chi connectivity index (χ4v) is 3.89. The lowest BCUT2D eigenvalue weighted by atomic mass is 9.76. The predicted molar refractivity (Wildman–Crippen MR) is 92.7 cm³/mol. The van der Waals surface area contributed by atoms with Gasteiger partial charge in [-0.2, -0.15) is 0 Å². The highest BCUT2D eigenvalue weighted by atomic mass is 16.5. The number of allylic oxidation sites excluding steroid dienone is 2. The summed E-state index contributed by atoms with van der Waals surface area (Å²) in [5.74, 6) is 0.598. The molecule has 122 valence electrons. The van der Waals surface area contributed by atoms with Crippen molar-refractivity contribution in [2.45, 2.75) is 18.4 Å². The van der Waals surface area contributed by atoms with E-state index < -0.39 is 5.97 Å². The third-order valence-electron chi connectivity index (χ3n) is 5.06. The summed E-state index contributed by atoms with van der Waals surface area (Å²) >= 11 is 0. The Labute approximate surface area is 140 Å². The molecule has 3 atom stereocenters. The Balaban J connectivity index is 1.76. The molecule has 2 aromatic rings. The van der Waals surface area contributed by atoms with Crippen LogP contribution in [0.15, 0.2) is 54.6 Å². The Morgan fingerprint density at radius 3 is 2.92 bits per heavy atom. The number of anilines is 1. The highest BCUT2D eigenvalue weighted by Crippen LogP contribution is 2.50. The van der Waals surface area contributed by atoms with E-state index in [2.05, 4.69) is 29.6 Å². The van der Waals surface area contributed by atoms with Crippen LogP contribution in [-0.4, -0.2) is 18.2 Å². The Morgan fingerprint density at radius 1 is 1.25 bits per heavy atom. The lowest BCUT2D eigenvalue weighted by Crippen LogP contribution is -2.29. The van der Waals surface area contributed by atoms with Crippen molar-refractivity contribution in [3.05, 3.63) is 71.3 Å². The predicted octanol–water partition coefficient (Wildman–Crippen LogP) is 4.22. The molecule has 1 aliphatic carbocycles. The Bertz CT molecular complexity index is 827. The smallest absolute Gasteiger partial charge is 0.335 e. The van der Waals surface area contributed by atoms with E-state index in [1.807, 2.05) is 18.2 Å². The molecular weight excluding hydrogens is 302 g/mol. The van der Waals surface area contributed by atoms with Crippen molar-refractivity contribution in [3.8, 4) is 5.75 Å². The van der Waals surface area contributed by atoms with Gasteiger partial charge in [0.05, 0.1) is 18.7 Å². The molecular formula is C20H19NO3. The molecule has 2 N–H and O–H groups in total. The Morgan fingerprint density at radius 2 is 2.12 bits per heavy atom. The minimum absolute atomic E-state index is 0.184. The number of aromatic carboxylic acids is 1.